The number of carbonyl (C=O) groups is 1. The zero-order valence-electron chi connectivity index (χ0n) is 12.7. The lowest BCUT2D eigenvalue weighted by Crippen LogP contribution is -2.31. The summed E-state index contributed by atoms with van der Waals surface area (Å²) in [6, 6.07) is 8.07. The van der Waals surface area contributed by atoms with Crippen LogP contribution in [0.5, 0.6) is 0 Å². The Labute approximate surface area is 138 Å². The first-order valence-electron chi connectivity index (χ1n) is 7.30. The number of aromatic nitrogens is 1. The Kier molecular flexibility index (Phi) is 4.06. The second-order valence-corrected chi connectivity index (χ2v) is 6.97. The molecule has 0 unspecified atom stereocenters. The summed E-state index contributed by atoms with van der Waals surface area (Å²) in [6.45, 7) is 6.09. The van der Waals surface area contributed by atoms with E-state index in [4.69, 9.17) is 11.6 Å². The molecule has 1 amide bonds. The number of nitrogens with zero attached hydrogens (tertiary/aromatic N) is 1. The van der Waals surface area contributed by atoms with Crippen molar-refractivity contribution < 1.29 is 4.79 Å². The lowest BCUT2D eigenvalue weighted by Gasteiger charge is -2.09. The van der Waals surface area contributed by atoms with Crippen LogP contribution in [0.2, 0.25) is 5.15 Å². The van der Waals surface area contributed by atoms with Crippen molar-refractivity contribution in [1.29, 1.82) is 0 Å². The minimum atomic E-state index is -0.0487. The van der Waals surface area contributed by atoms with Gasteiger partial charge in [-0.15, -0.1) is 11.3 Å². The molecule has 1 N–H and O–H groups in total. The molecular formula is C17H17ClN2OS. The van der Waals surface area contributed by atoms with Crippen LogP contribution in [-0.2, 0) is 0 Å². The molecule has 2 heterocycles. The van der Waals surface area contributed by atoms with Crippen LogP contribution in [0, 0.1) is 6.92 Å². The molecule has 1 atom stereocenters. The number of nitrogens with one attached hydrogen (secondary N) is 1. The second kappa shape index (κ2) is 5.86. The average Bonchev–Trinajstić information content (AvgIpc) is 2.94. The fourth-order valence-corrected chi connectivity index (χ4v) is 3.73. The number of carbonyl (C=O) groups excluding carboxylic acids is 1. The van der Waals surface area contributed by atoms with Crippen molar-refractivity contribution in [3.8, 4) is 0 Å². The molecule has 0 aliphatic rings. The van der Waals surface area contributed by atoms with Gasteiger partial charge in [0.15, 0.2) is 0 Å². The number of rotatable bonds is 3. The summed E-state index contributed by atoms with van der Waals surface area (Å²) in [5.41, 5.74) is 2.02. The van der Waals surface area contributed by atoms with Crippen molar-refractivity contribution in [2.75, 3.05) is 0 Å². The third kappa shape index (κ3) is 2.69. The topological polar surface area (TPSA) is 42.0 Å². The third-order valence-corrected chi connectivity index (χ3v) is 5.24. The number of hydrogen-bond acceptors (Lipinski definition) is 3. The zero-order valence-corrected chi connectivity index (χ0v) is 14.3. The molecule has 0 bridgehead atoms. The van der Waals surface area contributed by atoms with Gasteiger partial charge in [0.1, 0.15) is 5.15 Å². The standard InChI is InChI=1S/C17H17ClN2OS/c1-4-10(3)19-17(21)14-8-12-15(22-14)11-7-9(2)5-6-13(11)20-16(12)18/h5-8,10H,4H2,1-3H3,(H,19,21)/t10-/m0/s1. The molecule has 3 aromatic rings. The molecule has 5 heteroatoms. The molecule has 2 aromatic heterocycles. The van der Waals surface area contributed by atoms with Gasteiger partial charge in [0.2, 0.25) is 0 Å². The molecule has 0 radical (unpaired) electrons. The number of aryl methyl sites for hydroxylation is 1. The maximum Gasteiger partial charge on any atom is 0.261 e. The summed E-state index contributed by atoms with van der Waals surface area (Å²) < 4.78 is 1.02. The van der Waals surface area contributed by atoms with E-state index in [2.05, 4.69) is 16.4 Å². The summed E-state index contributed by atoms with van der Waals surface area (Å²) in [5.74, 6) is -0.0487. The van der Waals surface area contributed by atoms with Crippen molar-refractivity contribution in [3.05, 3.63) is 39.9 Å². The van der Waals surface area contributed by atoms with Crippen molar-refractivity contribution in [1.82, 2.24) is 10.3 Å². The lowest BCUT2D eigenvalue weighted by molar-refractivity contribution is 0.0943. The highest BCUT2D eigenvalue weighted by molar-refractivity contribution is 7.21. The quantitative estimate of drug-likeness (QED) is 0.690. The second-order valence-electron chi connectivity index (χ2n) is 5.56. The van der Waals surface area contributed by atoms with E-state index >= 15 is 0 Å². The molecule has 0 fully saturated rings. The van der Waals surface area contributed by atoms with Crippen LogP contribution in [0.15, 0.2) is 24.3 Å². The van der Waals surface area contributed by atoms with Gasteiger partial charge in [0, 0.05) is 21.5 Å². The van der Waals surface area contributed by atoms with Gasteiger partial charge in [-0.3, -0.25) is 4.79 Å². The van der Waals surface area contributed by atoms with Crippen molar-refractivity contribution in [3.63, 3.8) is 0 Å². The Balaban J connectivity index is 2.16. The van der Waals surface area contributed by atoms with Crippen LogP contribution < -0.4 is 5.32 Å². The fourth-order valence-electron chi connectivity index (χ4n) is 2.35. The number of benzene rings is 1. The van der Waals surface area contributed by atoms with Gasteiger partial charge in [0.25, 0.3) is 5.91 Å². The van der Waals surface area contributed by atoms with Crippen molar-refractivity contribution in [2.45, 2.75) is 33.2 Å². The molecule has 0 aliphatic carbocycles. The molecule has 3 rings (SSSR count). The molecule has 0 saturated heterocycles. The number of halogens is 1. The highest BCUT2D eigenvalue weighted by atomic mass is 35.5. The largest absolute Gasteiger partial charge is 0.349 e. The van der Waals surface area contributed by atoms with Crippen LogP contribution in [0.3, 0.4) is 0 Å². The fraction of sp³-hybridized carbons (Fsp3) is 0.294. The van der Waals surface area contributed by atoms with Crippen LogP contribution in [0.4, 0.5) is 0 Å². The van der Waals surface area contributed by atoms with Crippen LogP contribution in [0.1, 0.15) is 35.5 Å². The van der Waals surface area contributed by atoms with Crippen LogP contribution in [0.25, 0.3) is 21.0 Å². The SMILES string of the molecule is CC[C@H](C)NC(=O)c1cc2c(Cl)nc3ccc(C)cc3c2s1. The van der Waals surface area contributed by atoms with E-state index < -0.39 is 0 Å². The molecule has 0 saturated carbocycles. The average molecular weight is 333 g/mol. The van der Waals surface area contributed by atoms with Gasteiger partial charge in [-0.2, -0.15) is 0 Å². The monoisotopic (exact) mass is 332 g/mol. The minimum absolute atomic E-state index is 0.0487. The zero-order chi connectivity index (χ0) is 15.9. The van der Waals surface area contributed by atoms with Gasteiger partial charge in [0.05, 0.1) is 10.4 Å². The Hall–Kier alpha value is -1.65. The molecule has 0 spiro atoms. The van der Waals surface area contributed by atoms with E-state index in [9.17, 15) is 4.79 Å². The Morgan fingerprint density at radius 2 is 2.14 bits per heavy atom. The predicted octanol–water partition coefficient (Wildman–Crippen LogP) is 4.94. The van der Waals surface area contributed by atoms with Gasteiger partial charge in [-0.1, -0.05) is 30.2 Å². The number of fused-ring (bicyclic) bond motifs is 3. The highest BCUT2D eigenvalue weighted by Crippen LogP contribution is 2.36. The summed E-state index contributed by atoms with van der Waals surface area (Å²) in [7, 11) is 0. The Morgan fingerprint density at radius 1 is 1.36 bits per heavy atom. The van der Waals surface area contributed by atoms with E-state index in [1.807, 2.05) is 39.0 Å². The van der Waals surface area contributed by atoms with Crippen molar-refractivity contribution in [2.24, 2.45) is 0 Å². The number of pyridine rings is 1. The van der Waals surface area contributed by atoms with Crippen LogP contribution in [-0.4, -0.2) is 16.9 Å². The van der Waals surface area contributed by atoms with E-state index in [1.165, 1.54) is 11.3 Å². The Bertz CT molecular complexity index is 872. The molecular weight excluding hydrogens is 316 g/mol. The van der Waals surface area contributed by atoms with E-state index in [-0.39, 0.29) is 11.9 Å². The first-order chi connectivity index (χ1) is 10.5. The minimum Gasteiger partial charge on any atom is -0.349 e. The summed E-state index contributed by atoms with van der Waals surface area (Å²) in [5, 5.41) is 5.34. The maximum atomic E-state index is 12.3. The Morgan fingerprint density at radius 3 is 2.86 bits per heavy atom. The molecule has 3 nitrogen and oxygen atoms in total. The molecule has 0 aliphatic heterocycles. The van der Waals surface area contributed by atoms with Gasteiger partial charge in [-0.05, 0) is 38.5 Å². The predicted molar refractivity (Wildman–Crippen MR) is 94.1 cm³/mol. The smallest absolute Gasteiger partial charge is 0.261 e. The number of hydrogen-bond donors (Lipinski definition) is 1. The number of thiophene rings is 1. The summed E-state index contributed by atoms with van der Waals surface area (Å²) in [4.78, 5) is 17.4. The van der Waals surface area contributed by atoms with Gasteiger partial charge >= 0.3 is 0 Å². The van der Waals surface area contributed by atoms with Gasteiger partial charge < -0.3 is 5.32 Å². The molecule has 114 valence electrons. The normalized spacial score (nSPS) is 12.7. The highest BCUT2D eigenvalue weighted by Gasteiger charge is 2.16. The first kappa shape index (κ1) is 15.3. The third-order valence-electron chi connectivity index (χ3n) is 3.78. The van der Waals surface area contributed by atoms with Crippen LogP contribution >= 0.6 is 22.9 Å². The van der Waals surface area contributed by atoms with Gasteiger partial charge in [-0.25, -0.2) is 4.98 Å². The van der Waals surface area contributed by atoms with Crippen molar-refractivity contribution >= 4 is 49.8 Å². The van der Waals surface area contributed by atoms with E-state index in [0.29, 0.717) is 10.0 Å². The molecule has 22 heavy (non-hydrogen) atoms. The number of amides is 1. The summed E-state index contributed by atoms with van der Waals surface area (Å²) in [6.07, 6.45) is 0.904. The first-order valence-corrected chi connectivity index (χ1v) is 8.49. The lowest BCUT2D eigenvalue weighted by atomic mass is 10.1. The van der Waals surface area contributed by atoms with E-state index in [1.54, 1.807) is 0 Å². The van der Waals surface area contributed by atoms with E-state index in [0.717, 1.165) is 33.0 Å². The maximum absolute atomic E-state index is 12.3. The summed E-state index contributed by atoms with van der Waals surface area (Å²) >= 11 is 7.76. The molecule has 1 aromatic carbocycles.